The van der Waals surface area contributed by atoms with E-state index in [0.29, 0.717) is 0 Å². The van der Waals surface area contributed by atoms with E-state index in [1.54, 1.807) is 0 Å². The van der Waals surface area contributed by atoms with Crippen LogP contribution >= 0.6 is 0 Å². The maximum Gasteiger partial charge on any atom is 0.0795 e. The number of hydrogen-bond acceptors (Lipinski definition) is 1. The van der Waals surface area contributed by atoms with Gasteiger partial charge in [0.2, 0.25) is 0 Å². The molecule has 0 N–H and O–H groups in total. The molecule has 2 heterocycles. The van der Waals surface area contributed by atoms with Gasteiger partial charge in [-0.05, 0) is 51.9 Å². The lowest BCUT2D eigenvalue weighted by Gasteiger charge is -2.17. The van der Waals surface area contributed by atoms with Crippen LogP contribution in [0.5, 0.6) is 0 Å². The summed E-state index contributed by atoms with van der Waals surface area (Å²) in [5, 5.41) is 11.2. The number of aromatic nitrogens is 2. The lowest BCUT2D eigenvalue weighted by atomic mass is 9.90. The lowest BCUT2D eigenvalue weighted by Crippen LogP contribution is -1.96. The molecule has 190 valence electrons. The predicted octanol–water partition coefficient (Wildman–Crippen LogP) is 10.5. The third kappa shape index (κ3) is 3.16. The molecule has 0 saturated heterocycles. The van der Waals surface area contributed by atoms with Gasteiger partial charge in [0.15, 0.2) is 0 Å². The summed E-state index contributed by atoms with van der Waals surface area (Å²) >= 11 is 0. The van der Waals surface area contributed by atoms with Crippen molar-refractivity contribution in [3.8, 4) is 16.9 Å². The van der Waals surface area contributed by atoms with Crippen molar-refractivity contribution >= 4 is 65.0 Å². The van der Waals surface area contributed by atoms with Crippen molar-refractivity contribution in [3.05, 3.63) is 146 Å². The number of rotatable bonds is 2. The van der Waals surface area contributed by atoms with Gasteiger partial charge in [-0.2, -0.15) is 0 Å². The molecular formula is C39H24N2. The van der Waals surface area contributed by atoms with E-state index < -0.39 is 0 Å². The first-order valence-electron chi connectivity index (χ1n) is 14.1. The van der Waals surface area contributed by atoms with E-state index in [1.165, 1.54) is 59.5 Å². The Hall–Kier alpha value is -5.47. The Morgan fingerprint density at radius 1 is 0.390 bits per heavy atom. The minimum absolute atomic E-state index is 1.01. The van der Waals surface area contributed by atoms with Crippen LogP contribution in [0.3, 0.4) is 0 Å². The molecule has 7 aromatic carbocycles. The summed E-state index contributed by atoms with van der Waals surface area (Å²) in [7, 11) is 0. The van der Waals surface area contributed by atoms with Gasteiger partial charge in [-0.15, -0.1) is 0 Å². The second-order valence-corrected chi connectivity index (χ2v) is 10.7. The number of nitrogens with zero attached hydrogens (tertiary/aromatic N) is 2. The Labute approximate surface area is 236 Å². The average Bonchev–Trinajstić information content (AvgIpc) is 3.39. The van der Waals surface area contributed by atoms with Crippen molar-refractivity contribution in [1.82, 2.24) is 9.55 Å². The van der Waals surface area contributed by atoms with E-state index in [1.807, 2.05) is 0 Å². The molecule has 0 bridgehead atoms. The van der Waals surface area contributed by atoms with Crippen LogP contribution in [0.2, 0.25) is 0 Å². The molecule has 0 fully saturated rings. The summed E-state index contributed by atoms with van der Waals surface area (Å²) < 4.78 is 2.38. The van der Waals surface area contributed by atoms with Crippen LogP contribution in [0.25, 0.3) is 82.0 Å². The monoisotopic (exact) mass is 520 g/mol. The van der Waals surface area contributed by atoms with Crippen LogP contribution in [0.15, 0.2) is 146 Å². The van der Waals surface area contributed by atoms with Crippen LogP contribution in [0, 0.1) is 0 Å². The highest BCUT2D eigenvalue weighted by Crippen LogP contribution is 2.43. The third-order valence-corrected chi connectivity index (χ3v) is 8.53. The molecule has 0 radical (unpaired) electrons. The summed E-state index contributed by atoms with van der Waals surface area (Å²) in [6.07, 6.45) is 0. The third-order valence-electron chi connectivity index (χ3n) is 8.53. The number of benzene rings is 7. The Balaban J connectivity index is 1.43. The van der Waals surface area contributed by atoms with Crippen molar-refractivity contribution in [2.75, 3.05) is 0 Å². The molecule has 0 aliphatic carbocycles. The van der Waals surface area contributed by atoms with Crippen molar-refractivity contribution < 1.29 is 0 Å². The highest BCUT2D eigenvalue weighted by atomic mass is 15.0. The van der Waals surface area contributed by atoms with Crippen LogP contribution in [-0.2, 0) is 0 Å². The lowest BCUT2D eigenvalue weighted by molar-refractivity contribution is 1.18. The van der Waals surface area contributed by atoms with Crippen molar-refractivity contribution in [1.29, 1.82) is 0 Å². The first-order valence-corrected chi connectivity index (χ1v) is 14.1. The van der Waals surface area contributed by atoms with E-state index in [4.69, 9.17) is 4.98 Å². The second-order valence-electron chi connectivity index (χ2n) is 10.7. The zero-order valence-corrected chi connectivity index (χ0v) is 22.3. The fourth-order valence-corrected chi connectivity index (χ4v) is 6.83. The molecule has 0 amide bonds. The van der Waals surface area contributed by atoms with E-state index in [0.717, 1.165) is 22.5 Å². The fourth-order valence-electron chi connectivity index (χ4n) is 6.83. The average molecular weight is 521 g/mol. The van der Waals surface area contributed by atoms with Crippen LogP contribution < -0.4 is 0 Å². The molecule has 0 saturated carbocycles. The summed E-state index contributed by atoms with van der Waals surface area (Å²) in [5.74, 6) is 0. The highest BCUT2D eigenvalue weighted by molar-refractivity contribution is 6.33. The van der Waals surface area contributed by atoms with Crippen molar-refractivity contribution in [2.24, 2.45) is 0 Å². The Morgan fingerprint density at radius 2 is 0.902 bits per heavy atom. The minimum atomic E-state index is 1.01. The van der Waals surface area contributed by atoms with Crippen LogP contribution in [0.1, 0.15) is 0 Å². The topological polar surface area (TPSA) is 17.8 Å². The summed E-state index contributed by atoms with van der Waals surface area (Å²) in [5.41, 5.74) is 6.69. The molecule has 0 aliphatic heterocycles. The van der Waals surface area contributed by atoms with Gasteiger partial charge >= 0.3 is 0 Å². The van der Waals surface area contributed by atoms with Crippen LogP contribution in [-0.4, -0.2) is 9.55 Å². The maximum absolute atomic E-state index is 5.37. The summed E-state index contributed by atoms with van der Waals surface area (Å²) in [4.78, 5) is 5.37. The molecule has 2 nitrogen and oxygen atoms in total. The fraction of sp³-hybridized carbons (Fsp3) is 0. The highest BCUT2D eigenvalue weighted by Gasteiger charge is 2.18. The molecule has 2 heteroatoms. The Kier molecular flexibility index (Phi) is 4.64. The van der Waals surface area contributed by atoms with Gasteiger partial charge in [0, 0.05) is 38.2 Å². The molecule has 0 unspecified atom stereocenters. The van der Waals surface area contributed by atoms with Gasteiger partial charge in [-0.3, -0.25) is 0 Å². The standard InChI is InChI=1S/C39H24N2/c1-3-18-31-27(14-1)28-15-2-4-19-32(28)38-37(31)33-20-5-8-21-34(33)40-39(38)25-12-11-13-26(24-25)41-35-22-9-6-16-29(35)30-17-7-10-23-36(30)41/h1-24H. The molecule has 2 aromatic heterocycles. The molecular weight excluding hydrogens is 496 g/mol. The molecule has 0 spiro atoms. The number of pyridine rings is 1. The van der Waals surface area contributed by atoms with Gasteiger partial charge in [0.25, 0.3) is 0 Å². The quantitative estimate of drug-likeness (QED) is 0.207. The Morgan fingerprint density at radius 3 is 1.56 bits per heavy atom. The molecule has 0 atom stereocenters. The normalized spacial score (nSPS) is 11.9. The predicted molar refractivity (Wildman–Crippen MR) is 174 cm³/mol. The van der Waals surface area contributed by atoms with Gasteiger partial charge in [0.05, 0.1) is 22.2 Å². The molecule has 41 heavy (non-hydrogen) atoms. The van der Waals surface area contributed by atoms with Gasteiger partial charge in [-0.1, -0.05) is 115 Å². The summed E-state index contributed by atoms with van der Waals surface area (Å²) in [6.45, 7) is 0. The van der Waals surface area contributed by atoms with Crippen LogP contribution in [0.4, 0.5) is 0 Å². The molecule has 0 aliphatic rings. The number of para-hydroxylation sites is 3. The zero-order chi connectivity index (χ0) is 26.9. The number of fused-ring (bicyclic) bond motifs is 11. The molecule has 9 aromatic rings. The number of hydrogen-bond donors (Lipinski definition) is 0. The smallest absolute Gasteiger partial charge is 0.0795 e. The molecule has 9 rings (SSSR count). The first kappa shape index (κ1) is 22.4. The van der Waals surface area contributed by atoms with Crippen molar-refractivity contribution in [3.63, 3.8) is 0 Å². The van der Waals surface area contributed by atoms with Gasteiger partial charge in [-0.25, -0.2) is 4.98 Å². The Bertz CT molecular complexity index is 2430. The van der Waals surface area contributed by atoms with Gasteiger partial charge < -0.3 is 4.57 Å². The zero-order valence-electron chi connectivity index (χ0n) is 22.3. The first-order chi connectivity index (χ1) is 20.4. The van der Waals surface area contributed by atoms with E-state index in [9.17, 15) is 0 Å². The maximum atomic E-state index is 5.37. The van der Waals surface area contributed by atoms with E-state index >= 15 is 0 Å². The summed E-state index contributed by atoms with van der Waals surface area (Å²) in [6, 6.07) is 52.3. The largest absolute Gasteiger partial charge is 0.309 e. The van der Waals surface area contributed by atoms with Gasteiger partial charge in [0.1, 0.15) is 0 Å². The SMILES string of the molecule is c1cc(-c2nc3ccccc3c3c4ccccc4c4ccccc4c23)cc(-n2c3ccccc3c3ccccc32)c1. The van der Waals surface area contributed by atoms with E-state index in [2.05, 4.69) is 150 Å². The van der Waals surface area contributed by atoms with E-state index in [-0.39, 0.29) is 0 Å². The minimum Gasteiger partial charge on any atom is -0.309 e. The second kappa shape index (κ2) is 8.51. The van der Waals surface area contributed by atoms with Crippen molar-refractivity contribution in [2.45, 2.75) is 0 Å².